The van der Waals surface area contributed by atoms with Crippen LogP contribution < -0.4 is 20.7 Å². The lowest BCUT2D eigenvalue weighted by Crippen LogP contribution is -2.53. The lowest BCUT2D eigenvalue weighted by molar-refractivity contribution is -0.193. The number of hydrogen-bond donors (Lipinski definition) is 7. The Morgan fingerprint density at radius 2 is 1.48 bits per heavy atom. The number of alkyl halides is 6. The van der Waals surface area contributed by atoms with Gasteiger partial charge in [-0.25, -0.2) is 23.6 Å². The molecule has 0 radical (unpaired) electrons. The van der Waals surface area contributed by atoms with Crippen molar-refractivity contribution in [3.63, 3.8) is 0 Å². The molecule has 0 saturated heterocycles. The van der Waals surface area contributed by atoms with Crippen molar-refractivity contribution in [3.8, 4) is 5.75 Å². The number of amidine groups is 1. The van der Waals surface area contributed by atoms with E-state index >= 15 is 0 Å². The van der Waals surface area contributed by atoms with Crippen LogP contribution in [0.1, 0.15) is 34.5 Å². The first-order valence-electron chi connectivity index (χ1n) is 12.4. The number of nitrogens with one attached hydrogen (secondary N) is 2. The second kappa shape index (κ2) is 15.9. The molecule has 15 nitrogen and oxygen atoms in total. The van der Waals surface area contributed by atoms with Gasteiger partial charge in [0.15, 0.2) is 11.6 Å². The summed E-state index contributed by atoms with van der Waals surface area (Å²) >= 11 is 0.987. The van der Waals surface area contributed by atoms with Crippen molar-refractivity contribution in [2.24, 2.45) is 5.73 Å². The number of aliphatic carboxylic acids is 4. The number of anilines is 1. The molecule has 1 saturated carbocycles. The summed E-state index contributed by atoms with van der Waals surface area (Å²) in [6.07, 6.45) is -10.1. The van der Waals surface area contributed by atoms with Gasteiger partial charge in [-0.05, 0) is 43.2 Å². The maximum atomic E-state index is 14.2. The smallest absolute Gasteiger partial charge is 0.481 e. The van der Waals surface area contributed by atoms with Crippen LogP contribution in [0.15, 0.2) is 30.3 Å². The number of ether oxygens (including phenoxy) is 1. The largest absolute Gasteiger partial charge is 0.490 e. The van der Waals surface area contributed by atoms with Crippen LogP contribution in [-0.2, 0) is 24.0 Å². The predicted molar refractivity (Wildman–Crippen MR) is 146 cm³/mol. The van der Waals surface area contributed by atoms with E-state index in [2.05, 4.69) is 5.32 Å². The zero-order valence-electron chi connectivity index (χ0n) is 23.8. The van der Waals surface area contributed by atoms with E-state index in [0.29, 0.717) is 17.8 Å². The number of amides is 1. The van der Waals surface area contributed by atoms with E-state index < -0.39 is 71.9 Å². The molecule has 48 heavy (non-hydrogen) atoms. The number of nitrogens with two attached hydrogens (primary N) is 1. The van der Waals surface area contributed by atoms with Crippen molar-refractivity contribution in [1.29, 1.82) is 5.41 Å². The van der Waals surface area contributed by atoms with Crippen molar-refractivity contribution in [2.45, 2.75) is 43.2 Å². The van der Waals surface area contributed by atoms with Crippen LogP contribution in [0.25, 0.3) is 0 Å². The quantitative estimate of drug-likeness (QED) is 0.0613. The Morgan fingerprint density at radius 1 is 0.979 bits per heavy atom. The topological polar surface area (TPSA) is 258 Å². The van der Waals surface area contributed by atoms with Crippen LogP contribution in [0.2, 0.25) is 0 Å². The first-order valence-corrected chi connectivity index (χ1v) is 13.2. The molecule has 0 spiro atoms. The zero-order valence-corrected chi connectivity index (χ0v) is 24.6. The third-order valence-electron chi connectivity index (χ3n) is 5.82. The number of carboxylic acids is 4. The van der Waals surface area contributed by atoms with Gasteiger partial charge >= 0.3 is 42.2 Å². The second-order valence-corrected chi connectivity index (χ2v) is 10.3. The van der Waals surface area contributed by atoms with Gasteiger partial charge in [-0.3, -0.25) is 15.0 Å². The Morgan fingerprint density at radius 3 is 1.85 bits per heavy atom. The summed E-state index contributed by atoms with van der Waals surface area (Å²) in [6.45, 7) is 0. The minimum atomic E-state index is -5.08. The maximum absolute atomic E-state index is 14.2. The number of carboxylic acid groups (broad SMARTS) is 4. The zero-order chi connectivity index (χ0) is 37.4. The van der Waals surface area contributed by atoms with E-state index in [1.54, 1.807) is 18.0 Å². The van der Waals surface area contributed by atoms with Crippen LogP contribution >= 0.6 is 11.3 Å². The van der Waals surface area contributed by atoms with Gasteiger partial charge in [0.1, 0.15) is 22.3 Å². The van der Waals surface area contributed by atoms with Crippen LogP contribution in [0.4, 0.5) is 35.7 Å². The maximum Gasteiger partial charge on any atom is 0.490 e. The van der Waals surface area contributed by atoms with Crippen LogP contribution in [-0.4, -0.2) is 93.0 Å². The van der Waals surface area contributed by atoms with Crippen molar-refractivity contribution < 1.29 is 84.7 Å². The number of likely N-dealkylation sites (N-methyl/N-ethyl adjacent to an activating group) is 1. The lowest BCUT2D eigenvalue weighted by Gasteiger charge is -2.28. The minimum Gasteiger partial charge on any atom is -0.481 e. The minimum absolute atomic E-state index is 0.127. The molecule has 2 aromatic rings. The summed E-state index contributed by atoms with van der Waals surface area (Å²) in [5.41, 5.74) is 4.36. The predicted octanol–water partition coefficient (Wildman–Crippen LogP) is 2.67. The molecule has 1 aromatic carbocycles. The molecule has 1 atom stereocenters. The monoisotopic (exact) mass is 720 g/mol. The third-order valence-corrected chi connectivity index (χ3v) is 6.97. The highest BCUT2D eigenvalue weighted by Gasteiger charge is 2.54. The summed E-state index contributed by atoms with van der Waals surface area (Å²) in [5, 5.41) is 42.4. The Kier molecular flexibility index (Phi) is 13.4. The highest BCUT2D eigenvalue weighted by atomic mass is 32.1. The van der Waals surface area contributed by atoms with Gasteiger partial charge in [0.2, 0.25) is 5.91 Å². The Bertz CT molecular complexity index is 1550. The van der Waals surface area contributed by atoms with E-state index in [1.807, 2.05) is 0 Å². The fourth-order valence-corrected chi connectivity index (χ4v) is 4.16. The molecule has 1 amide bonds. The summed E-state index contributed by atoms with van der Waals surface area (Å²) in [7, 11) is 1.60. The van der Waals surface area contributed by atoms with Gasteiger partial charge in [0.25, 0.3) is 0 Å². The Hall–Kier alpha value is -5.48. The molecular weight excluding hydrogens is 697 g/mol. The summed E-state index contributed by atoms with van der Waals surface area (Å²) in [4.78, 5) is 66.9. The molecule has 0 aliphatic heterocycles. The van der Waals surface area contributed by atoms with Crippen LogP contribution in [0.5, 0.6) is 5.75 Å². The first kappa shape index (κ1) is 40.5. The number of hydrogen-bond acceptors (Lipinski definition) is 10. The number of rotatable bonds is 10. The van der Waals surface area contributed by atoms with Crippen molar-refractivity contribution >= 4 is 57.9 Å². The molecule has 1 aromatic heterocycles. The third kappa shape index (κ3) is 11.7. The molecule has 1 fully saturated rings. The van der Waals surface area contributed by atoms with E-state index in [4.69, 9.17) is 40.8 Å². The van der Waals surface area contributed by atoms with E-state index in [0.717, 1.165) is 17.4 Å². The molecule has 0 unspecified atom stereocenters. The van der Waals surface area contributed by atoms with Gasteiger partial charge in [0, 0.05) is 12.6 Å². The van der Waals surface area contributed by atoms with Gasteiger partial charge in [-0.1, -0.05) is 0 Å². The van der Waals surface area contributed by atoms with Gasteiger partial charge in [0.05, 0.1) is 11.4 Å². The lowest BCUT2D eigenvalue weighted by atomic mass is 10.1. The molecule has 3 rings (SSSR count). The number of thiophene rings is 1. The highest BCUT2D eigenvalue weighted by Crippen LogP contribution is 2.45. The van der Waals surface area contributed by atoms with Crippen molar-refractivity contribution in [1.82, 2.24) is 5.32 Å². The van der Waals surface area contributed by atoms with Crippen molar-refractivity contribution in [3.05, 3.63) is 46.6 Å². The number of benzene rings is 1. The van der Waals surface area contributed by atoms with Crippen molar-refractivity contribution in [2.75, 3.05) is 11.9 Å². The summed E-state index contributed by atoms with van der Waals surface area (Å²) < 4.78 is 82.7. The highest BCUT2D eigenvalue weighted by molar-refractivity contribution is 7.17. The summed E-state index contributed by atoms with van der Waals surface area (Å²) in [5.74, 6) is -11.3. The molecule has 1 aliphatic carbocycles. The fourth-order valence-electron chi connectivity index (χ4n) is 3.23. The molecule has 0 bridgehead atoms. The molecular formula is C25H23F7N4O11S. The normalized spacial score (nSPS) is 13.6. The van der Waals surface area contributed by atoms with Gasteiger partial charge in [-0.2, -0.15) is 26.3 Å². The average Bonchev–Trinajstić information content (AvgIpc) is 3.61. The average molecular weight is 721 g/mol. The van der Waals surface area contributed by atoms with Crippen LogP contribution in [0.3, 0.4) is 0 Å². The number of carbonyl (C=O) groups excluding carboxylic acids is 2. The molecule has 1 aliphatic rings. The first-order chi connectivity index (χ1) is 21.8. The van der Waals surface area contributed by atoms with Crippen LogP contribution in [0, 0.1) is 11.2 Å². The second-order valence-electron chi connectivity index (χ2n) is 9.24. The molecule has 8 N–H and O–H groups in total. The summed E-state index contributed by atoms with van der Waals surface area (Å²) in [6, 6.07) is 4.93. The number of carbonyl (C=O) groups is 6. The number of nitrogens with zero attached hydrogens (tertiary/aromatic N) is 1. The molecule has 264 valence electrons. The Balaban J connectivity index is 0.000000687. The molecule has 23 heteroatoms. The SMILES string of the molecule is CN(c1ccc(C(=O)Oc2ccc(C(=N)N)cc2F)s1)C1(C(=O)N[C@@H](CC(=O)O)C(=O)O)CC1.O=C(O)C(F)(F)F.O=C(O)C(F)(F)F. The van der Waals surface area contributed by atoms with E-state index in [-0.39, 0.29) is 22.0 Å². The Labute approximate surface area is 266 Å². The standard InChI is InChI=1S/C21H21FN4O7S.2C2HF3O2/c1-26(21(6-7-21)20(32)25-12(18(29)30)9-16(27)28)15-5-4-14(34-15)19(31)33-13-3-2-10(17(23)24)8-11(13)22;2*3-2(4,5)1(6)7/h2-5,8,12H,6-7,9H2,1H3,(H3,23,24)(H,25,32)(H,27,28)(H,29,30);2*(H,6,7)/t12-;;/m0../s1. The number of halogens is 7. The molecule has 1 heterocycles. The van der Waals surface area contributed by atoms with E-state index in [9.17, 15) is 55.0 Å². The van der Waals surface area contributed by atoms with Gasteiger partial charge < -0.3 is 41.1 Å². The van der Waals surface area contributed by atoms with E-state index in [1.165, 1.54) is 18.2 Å². The van der Waals surface area contributed by atoms with Gasteiger partial charge in [-0.15, -0.1) is 11.3 Å². The fraction of sp³-hybridized carbons (Fsp3) is 0.320. The number of nitrogen functional groups attached to an aromatic ring is 1. The number of esters is 1.